The quantitative estimate of drug-likeness (QED) is 0.837. The second-order valence-electron chi connectivity index (χ2n) is 3.91. The number of benzene rings is 2. The molecule has 100 valence electrons. The normalized spacial score (nSPS) is 9.80. The van der Waals surface area contributed by atoms with Crippen LogP contribution in [0.5, 0.6) is 11.5 Å². The van der Waals surface area contributed by atoms with E-state index in [-0.39, 0.29) is 28.3 Å². The fourth-order valence-electron chi connectivity index (χ4n) is 1.59. The van der Waals surface area contributed by atoms with Crippen molar-refractivity contribution >= 4 is 11.7 Å². The summed E-state index contributed by atoms with van der Waals surface area (Å²) in [5.74, 6) is -1.38. The minimum absolute atomic E-state index is 0.0386. The highest BCUT2D eigenvalue weighted by Gasteiger charge is 2.10. The molecule has 0 saturated carbocycles. The number of nitrogen functional groups attached to an aromatic ring is 1. The molecule has 0 aliphatic rings. The molecule has 0 aliphatic heterocycles. The lowest BCUT2D eigenvalue weighted by molar-refractivity contribution is 0.0698. The smallest absolute Gasteiger partial charge is 0.337 e. The molecule has 0 heterocycles. The van der Waals surface area contributed by atoms with E-state index in [0.29, 0.717) is 0 Å². The molecular formula is C14H9FN2O3. The third-order valence-corrected chi connectivity index (χ3v) is 2.55. The number of anilines is 1. The molecule has 2 rings (SSSR count). The average molecular weight is 272 g/mol. The van der Waals surface area contributed by atoms with E-state index < -0.39 is 11.8 Å². The third kappa shape index (κ3) is 2.67. The molecule has 0 bridgehead atoms. The van der Waals surface area contributed by atoms with Gasteiger partial charge in [-0.1, -0.05) is 0 Å². The van der Waals surface area contributed by atoms with Gasteiger partial charge in [0.05, 0.1) is 11.1 Å². The van der Waals surface area contributed by atoms with Gasteiger partial charge in [-0.25, -0.2) is 9.18 Å². The van der Waals surface area contributed by atoms with Crippen molar-refractivity contribution in [2.24, 2.45) is 0 Å². The number of carboxylic acid groups (broad SMARTS) is 1. The molecule has 5 nitrogen and oxygen atoms in total. The van der Waals surface area contributed by atoms with Crippen molar-refractivity contribution in [2.45, 2.75) is 0 Å². The first-order valence-corrected chi connectivity index (χ1v) is 5.51. The van der Waals surface area contributed by atoms with E-state index in [1.165, 1.54) is 30.3 Å². The maximum absolute atomic E-state index is 13.4. The van der Waals surface area contributed by atoms with Gasteiger partial charge in [0, 0.05) is 17.8 Å². The molecule has 3 N–H and O–H groups in total. The van der Waals surface area contributed by atoms with Crippen molar-refractivity contribution in [2.75, 3.05) is 5.73 Å². The molecule has 0 radical (unpaired) electrons. The summed E-state index contributed by atoms with van der Waals surface area (Å²) >= 11 is 0. The van der Waals surface area contributed by atoms with Crippen LogP contribution in [0.4, 0.5) is 10.1 Å². The molecule has 6 heteroatoms. The van der Waals surface area contributed by atoms with E-state index in [1.54, 1.807) is 6.07 Å². The number of carbonyl (C=O) groups is 1. The largest absolute Gasteiger partial charge is 0.478 e. The number of hydrogen-bond acceptors (Lipinski definition) is 4. The van der Waals surface area contributed by atoms with Crippen LogP contribution in [-0.2, 0) is 0 Å². The summed E-state index contributed by atoms with van der Waals surface area (Å²) in [5, 5.41) is 17.5. The van der Waals surface area contributed by atoms with Gasteiger partial charge < -0.3 is 15.6 Å². The first-order valence-electron chi connectivity index (χ1n) is 5.51. The fraction of sp³-hybridized carbons (Fsp3) is 0. The molecule has 0 amide bonds. The summed E-state index contributed by atoms with van der Waals surface area (Å²) in [6, 6.07) is 9.54. The van der Waals surface area contributed by atoms with Gasteiger partial charge in [-0.3, -0.25) is 0 Å². The van der Waals surface area contributed by atoms with E-state index in [2.05, 4.69) is 0 Å². The Labute approximate surface area is 113 Å². The van der Waals surface area contributed by atoms with E-state index in [0.717, 1.165) is 6.07 Å². The topological polar surface area (TPSA) is 96.3 Å². The van der Waals surface area contributed by atoms with Gasteiger partial charge in [-0.2, -0.15) is 5.26 Å². The molecule has 0 spiro atoms. The van der Waals surface area contributed by atoms with Crippen LogP contribution in [0.2, 0.25) is 0 Å². The predicted molar refractivity (Wildman–Crippen MR) is 69.0 cm³/mol. The Morgan fingerprint density at radius 1 is 1.25 bits per heavy atom. The summed E-state index contributed by atoms with van der Waals surface area (Å²) in [6.45, 7) is 0. The number of nitrogens with zero attached hydrogens (tertiary/aromatic N) is 1. The molecule has 0 atom stereocenters. The van der Waals surface area contributed by atoms with Gasteiger partial charge in [0.1, 0.15) is 23.4 Å². The molecule has 2 aromatic carbocycles. The van der Waals surface area contributed by atoms with Crippen molar-refractivity contribution in [3.05, 3.63) is 53.3 Å². The summed E-state index contributed by atoms with van der Waals surface area (Å²) in [4.78, 5) is 10.8. The average Bonchev–Trinajstić information content (AvgIpc) is 2.38. The van der Waals surface area contributed by atoms with Gasteiger partial charge in [-0.15, -0.1) is 0 Å². The van der Waals surface area contributed by atoms with Crippen molar-refractivity contribution in [3.8, 4) is 17.6 Å². The van der Waals surface area contributed by atoms with E-state index in [9.17, 15) is 9.18 Å². The Hall–Kier alpha value is -3.07. The number of rotatable bonds is 3. The number of carboxylic acids is 1. The van der Waals surface area contributed by atoms with Crippen molar-refractivity contribution in [1.29, 1.82) is 5.26 Å². The second-order valence-corrected chi connectivity index (χ2v) is 3.91. The number of nitriles is 1. The highest BCUT2D eigenvalue weighted by Crippen LogP contribution is 2.26. The molecule has 0 saturated heterocycles. The molecule has 0 aliphatic carbocycles. The van der Waals surface area contributed by atoms with Crippen LogP contribution < -0.4 is 10.5 Å². The van der Waals surface area contributed by atoms with Crippen LogP contribution in [-0.4, -0.2) is 11.1 Å². The number of aromatic carboxylic acids is 1. The third-order valence-electron chi connectivity index (χ3n) is 2.55. The summed E-state index contributed by atoms with van der Waals surface area (Å²) in [6.07, 6.45) is 0. The highest BCUT2D eigenvalue weighted by atomic mass is 19.1. The number of halogens is 1. The Bertz CT molecular complexity index is 723. The van der Waals surface area contributed by atoms with Crippen LogP contribution in [0.25, 0.3) is 0 Å². The maximum Gasteiger partial charge on any atom is 0.337 e. The Morgan fingerprint density at radius 3 is 2.45 bits per heavy atom. The van der Waals surface area contributed by atoms with Crippen LogP contribution in [0.3, 0.4) is 0 Å². The summed E-state index contributed by atoms with van der Waals surface area (Å²) in [5.41, 5.74) is 5.50. The zero-order chi connectivity index (χ0) is 14.7. The Balaban J connectivity index is 2.27. The number of ether oxygens (including phenoxy) is 1. The first kappa shape index (κ1) is 13.4. The zero-order valence-corrected chi connectivity index (χ0v) is 10.1. The maximum atomic E-state index is 13.4. The highest BCUT2D eigenvalue weighted by molar-refractivity contribution is 5.93. The predicted octanol–water partition coefficient (Wildman–Crippen LogP) is 2.77. The Kier molecular flexibility index (Phi) is 3.53. The molecule has 20 heavy (non-hydrogen) atoms. The van der Waals surface area contributed by atoms with Gasteiger partial charge in [0.25, 0.3) is 0 Å². The molecule has 2 aromatic rings. The van der Waals surface area contributed by atoms with Crippen LogP contribution in [0, 0.1) is 17.1 Å². The van der Waals surface area contributed by atoms with Gasteiger partial charge >= 0.3 is 5.97 Å². The lowest BCUT2D eigenvalue weighted by Crippen LogP contribution is -2.02. The molecule has 0 fully saturated rings. The number of hydrogen-bond donors (Lipinski definition) is 2. The fourth-order valence-corrected chi connectivity index (χ4v) is 1.59. The lowest BCUT2D eigenvalue weighted by Gasteiger charge is -2.08. The van der Waals surface area contributed by atoms with E-state index in [4.69, 9.17) is 20.8 Å². The summed E-state index contributed by atoms with van der Waals surface area (Å²) < 4.78 is 18.7. The zero-order valence-electron chi connectivity index (χ0n) is 10.1. The monoisotopic (exact) mass is 272 g/mol. The lowest BCUT2D eigenvalue weighted by atomic mass is 10.2. The van der Waals surface area contributed by atoms with Crippen LogP contribution in [0.15, 0.2) is 36.4 Å². The number of nitrogens with two attached hydrogens (primary N) is 1. The SMILES string of the molecule is N#Cc1ccc(Oc2ccc(C(=O)O)c(N)c2)cc1F. The summed E-state index contributed by atoms with van der Waals surface area (Å²) in [7, 11) is 0. The van der Waals surface area contributed by atoms with Gasteiger partial charge in [-0.05, 0) is 24.3 Å². The Morgan fingerprint density at radius 2 is 1.90 bits per heavy atom. The van der Waals surface area contributed by atoms with Crippen molar-refractivity contribution < 1.29 is 19.0 Å². The minimum Gasteiger partial charge on any atom is -0.478 e. The first-order chi connectivity index (χ1) is 9.51. The molecule has 0 aromatic heterocycles. The van der Waals surface area contributed by atoms with Crippen LogP contribution >= 0.6 is 0 Å². The van der Waals surface area contributed by atoms with E-state index in [1.807, 2.05) is 0 Å². The molecule has 0 unspecified atom stereocenters. The van der Waals surface area contributed by atoms with Gasteiger partial charge in [0.15, 0.2) is 0 Å². The van der Waals surface area contributed by atoms with Crippen molar-refractivity contribution in [3.63, 3.8) is 0 Å². The van der Waals surface area contributed by atoms with Gasteiger partial charge in [0.2, 0.25) is 0 Å². The minimum atomic E-state index is -1.14. The standard InChI is InChI=1S/C14H9FN2O3/c15-12-5-9(2-1-8(12)7-16)20-10-3-4-11(14(18)19)13(17)6-10/h1-6H,17H2,(H,18,19). The van der Waals surface area contributed by atoms with E-state index >= 15 is 0 Å². The van der Waals surface area contributed by atoms with Crippen LogP contribution in [0.1, 0.15) is 15.9 Å². The second kappa shape index (κ2) is 5.28. The van der Waals surface area contributed by atoms with Crippen molar-refractivity contribution in [1.82, 2.24) is 0 Å². The molecular weight excluding hydrogens is 263 g/mol.